The van der Waals surface area contributed by atoms with Crippen molar-refractivity contribution in [2.24, 2.45) is 52.3 Å². The van der Waals surface area contributed by atoms with Gasteiger partial charge in [-0.25, -0.2) is 4.79 Å². The van der Waals surface area contributed by atoms with E-state index in [9.17, 15) is 20.1 Å². The van der Waals surface area contributed by atoms with Crippen LogP contribution in [0.2, 0.25) is 0 Å². The normalized spacial score (nSPS) is 49.3. The Bertz CT molecular complexity index is 837. The third-order valence-electron chi connectivity index (χ3n) is 13.0. The lowest BCUT2D eigenvalue weighted by Crippen LogP contribution is -2.62. The lowest BCUT2D eigenvalue weighted by molar-refractivity contribution is -0.203. The molecule has 1 amide bonds. The Morgan fingerprint density at radius 2 is 1.66 bits per heavy atom. The Morgan fingerprint density at radius 3 is 2.39 bits per heavy atom. The van der Waals surface area contributed by atoms with Crippen molar-refractivity contribution in [1.29, 1.82) is 0 Å². The first-order valence-corrected chi connectivity index (χ1v) is 16.1. The van der Waals surface area contributed by atoms with Crippen LogP contribution in [0.3, 0.4) is 0 Å². The molecule has 0 aromatic carbocycles. The van der Waals surface area contributed by atoms with Gasteiger partial charge in [0, 0.05) is 0 Å². The Labute approximate surface area is 230 Å². The van der Waals surface area contributed by atoms with Crippen molar-refractivity contribution in [3.63, 3.8) is 0 Å². The fourth-order valence-electron chi connectivity index (χ4n) is 10.9. The zero-order valence-corrected chi connectivity index (χ0v) is 24.4. The van der Waals surface area contributed by atoms with Crippen LogP contribution >= 0.6 is 0 Å². The van der Waals surface area contributed by atoms with E-state index in [-0.39, 0.29) is 29.1 Å². The van der Waals surface area contributed by atoms with Gasteiger partial charge in [0.05, 0.1) is 31.0 Å². The summed E-state index contributed by atoms with van der Waals surface area (Å²) in [6, 6.07) is -0.180. The SMILES string of the molecule is CC[C@@H]1C2C[C@H](O)CCC2(C)C2CC[C@]3(C)C([C@H](C)CCOC(=O)N[C@H]4CCCC[C@@H]4O)CC[C@H]3C2[C@@H]1O. The molecule has 0 aromatic rings. The Kier molecular flexibility index (Phi) is 8.45. The predicted octanol–water partition coefficient (Wildman–Crippen LogP) is 5.67. The summed E-state index contributed by atoms with van der Waals surface area (Å²) in [6.07, 6.45) is 11.9. The number of ether oxygens (including phenoxy) is 1. The summed E-state index contributed by atoms with van der Waals surface area (Å²) in [5.41, 5.74) is 0.466. The molecule has 5 rings (SSSR count). The van der Waals surface area contributed by atoms with Crippen LogP contribution in [0.25, 0.3) is 0 Å². The Morgan fingerprint density at radius 1 is 0.947 bits per heavy atom. The van der Waals surface area contributed by atoms with Gasteiger partial charge in [0.15, 0.2) is 0 Å². The van der Waals surface area contributed by atoms with E-state index >= 15 is 0 Å². The minimum Gasteiger partial charge on any atom is -0.450 e. The van der Waals surface area contributed by atoms with E-state index in [4.69, 9.17) is 4.74 Å². The second kappa shape index (κ2) is 11.2. The number of nitrogens with one attached hydrogen (secondary N) is 1. The van der Waals surface area contributed by atoms with Crippen LogP contribution in [0.4, 0.5) is 4.79 Å². The molecular weight excluding hydrogens is 478 g/mol. The summed E-state index contributed by atoms with van der Waals surface area (Å²) in [7, 11) is 0. The van der Waals surface area contributed by atoms with E-state index in [2.05, 4.69) is 33.0 Å². The average molecular weight is 534 g/mol. The molecular formula is C32H55NO5. The molecule has 0 spiro atoms. The van der Waals surface area contributed by atoms with Gasteiger partial charge in [-0.15, -0.1) is 0 Å². The number of fused-ring (bicyclic) bond motifs is 5. The van der Waals surface area contributed by atoms with Crippen LogP contribution in [0, 0.1) is 52.3 Å². The molecule has 5 unspecified atom stereocenters. The fourth-order valence-corrected chi connectivity index (χ4v) is 10.9. The number of rotatable bonds is 6. The van der Waals surface area contributed by atoms with E-state index in [1.54, 1.807) is 0 Å². The molecule has 13 atom stereocenters. The van der Waals surface area contributed by atoms with Gasteiger partial charge >= 0.3 is 6.09 Å². The molecule has 0 aromatic heterocycles. The average Bonchev–Trinajstić information content (AvgIpc) is 3.24. The largest absolute Gasteiger partial charge is 0.450 e. The minimum atomic E-state index is -0.459. The van der Waals surface area contributed by atoms with Gasteiger partial charge in [-0.3, -0.25) is 0 Å². The van der Waals surface area contributed by atoms with Gasteiger partial charge < -0.3 is 25.4 Å². The third kappa shape index (κ3) is 4.93. The Hall–Kier alpha value is -0.850. The summed E-state index contributed by atoms with van der Waals surface area (Å²) in [5, 5.41) is 35.4. The fraction of sp³-hybridized carbons (Fsp3) is 0.969. The van der Waals surface area contributed by atoms with E-state index in [0.29, 0.717) is 48.0 Å². The maximum absolute atomic E-state index is 12.4. The van der Waals surface area contributed by atoms with Crippen LogP contribution in [-0.2, 0) is 4.74 Å². The second-order valence-electron chi connectivity index (χ2n) is 14.6. The number of aliphatic hydroxyl groups excluding tert-OH is 3. The second-order valence-corrected chi connectivity index (χ2v) is 14.6. The maximum Gasteiger partial charge on any atom is 0.407 e. The summed E-state index contributed by atoms with van der Waals surface area (Å²) in [4.78, 5) is 12.4. The highest BCUT2D eigenvalue weighted by Gasteiger charge is 2.64. The van der Waals surface area contributed by atoms with Crippen LogP contribution in [0.1, 0.15) is 111 Å². The number of carbonyl (C=O) groups is 1. The third-order valence-corrected chi connectivity index (χ3v) is 13.0. The molecule has 5 aliphatic carbocycles. The van der Waals surface area contributed by atoms with Crippen LogP contribution in [0.5, 0.6) is 0 Å². The van der Waals surface area contributed by atoms with Crippen molar-refractivity contribution < 1.29 is 24.9 Å². The standard InChI is InChI=1S/C32H55NO5/c1-5-21-25-18-20(34)12-15-32(25,4)24-13-16-31(3)22(10-11-23(31)28(24)29(21)36)19(2)14-17-38-30(37)33-26-8-6-7-9-27(26)35/h19-29,34-36H,5-18H2,1-4H3,(H,33,37)/t19-,20-,21-,22?,23+,24?,25?,26+,27+,28?,29-,31-,32?/m1/s1. The predicted molar refractivity (Wildman–Crippen MR) is 148 cm³/mol. The molecule has 38 heavy (non-hydrogen) atoms. The van der Waals surface area contributed by atoms with Crippen molar-refractivity contribution in [3.05, 3.63) is 0 Å². The number of aliphatic hydroxyl groups is 3. The van der Waals surface area contributed by atoms with E-state index < -0.39 is 12.2 Å². The monoisotopic (exact) mass is 533 g/mol. The summed E-state index contributed by atoms with van der Waals surface area (Å²) in [6.45, 7) is 10.0. The summed E-state index contributed by atoms with van der Waals surface area (Å²) < 4.78 is 5.58. The molecule has 6 nitrogen and oxygen atoms in total. The van der Waals surface area contributed by atoms with Gasteiger partial charge in [0.25, 0.3) is 0 Å². The molecule has 5 fully saturated rings. The topological polar surface area (TPSA) is 99.0 Å². The van der Waals surface area contributed by atoms with E-state index in [1.807, 2.05) is 0 Å². The molecule has 5 aliphatic rings. The first kappa shape index (κ1) is 28.7. The number of carbonyl (C=O) groups excluding carboxylic acids is 1. The zero-order valence-electron chi connectivity index (χ0n) is 24.4. The quantitative estimate of drug-likeness (QED) is 0.353. The molecule has 0 aliphatic heterocycles. The smallest absolute Gasteiger partial charge is 0.407 e. The highest BCUT2D eigenvalue weighted by atomic mass is 16.5. The van der Waals surface area contributed by atoms with Gasteiger partial charge in [-0.1, -0.05) is 47.0 Å². The van der Waals surface area contributed by atoms with Crippen molar-refractivity contribution >= 4 is 6.09 Å². The lowest BCUT2D eigenvalue weighted by Gasteiger charge is -2.64. The Balaban J connectivity index is 1.22. The van der Waals surface area contributed by atoms with Gasteiger partial charge in [0.2, 0.25) is 0 Å². The number of hydrogen-bond acceptors (Lipinski definition) is 5. The molecule has 0 bridgehead atoms. The van der Waals surface area contributed by atoms with Crippen molar-refractivity contribution in [2.45, 2.75) is 136 Å². The summed E-state index contributed by atoms with van der Waals surface area (Å²) >= 11 is 0. The van der Waals surface area contributed by atoms with Crippen molar-refractivity contribution in [3.8, 4) is 0 Å². The molecule has 0 radical (unpaired) electrons. The molecule has 0 heterocycles. The molecule has 6 heteroatoms. The van der Waals surface area contributed by atoms with Crippen LogP contribution in [0.15, 0.2) is 0 Å². The highest BCUT2D eigenvalue weighted by Crippen LogP contribution is 2.69. The summed E-state index contributed by atoms with van der Waals surface area (Å²) in [5.74, 6) is 3.27. The van der Waals surface area contributed by atoms with Crippen molar-refractivity contribution in [1.82, 2.24) is 5.32 Å². The first-order chi connectivity index (χ1) is 18.1. The van der Waals surface area contributed by atoms with Crippen LogP contribution in [-0.4, -0.2) is 52.4 Å². The molecule has 5 saturated carbocycles. The van der Waals surface area contributed by atoms with Gasteiger partial charge in [-0.05, 0) is 116 Å². The highest BCUT2D eigenvalue weighted by molar-refractivity contribution is 5.67. The minimum absolute atomic E-state index is 0.180. The first-order valence-electron chi connectivity index (χ1n) is 16.1. The van der Waals surface area contributed by atoms with Crippen LogP contribution < -0.4 is 5.32 Å². The zero-order chi connectivity index (χ0) is 27.2. The molecule has 0 saturated heterocycles. The number of alkyl carbamates (subject to hydrolysis) is 1. The van der Waals surface area contributed by atoms with E-state index in [0.717, 1.165) is 57.8 Å². The molecule has 4 N–H and O–H groups in total. The molecule has 218 valence electrons. The number of amides is 1. The van der Waals surface area contributed by atoms with Crippen molar-refractivity contribution in [2.75, 3.05) is 6.61 Å². The van der Waals surface area contributed by atoms with Gasteiger partial charge in [0.1, 0.15) is 0 Å². The van der Waals surface area contributed by atoms with E-state index in [1.165, 1.54) is 25.7 Å². The maximum atomic E-state index is 12.4. The van der Waals surface area contributed by atoms with Gasteiger partial charge in [-0.2, -0.15) is 0 Å². The number of hydrogen-bond donors (Lipinski definition) is 4. The lowest BCUT2D eigenvalue weighted by atomic mass is 9.41.